The maximum Gasteiger partial charge on any atom is 0.222 e. The first-order chi connectivity index (χ1) is 7.99. The molecule has 1 aromatic carbocycles. The molecule has 0 unspecified atom stereocenters. The van der Waals surface area contributed by atoms with Crippen molar-refractivity contribution in [2.45, 2.75) is 40.7 Å². The number of carbonyl (C=O) groups is 1. The number of rotatable bonds is 5. The monoisotopic (exact) mass is 233 g/mol. The quantitative estimate of drug-likeness (QED) is 0.831. The fourth-order valence-corrected chi connectivity index (χ4v) is 1.66. The highest BCUT2D eigenvalue weighted by Gasteiger charge is 2.05. The lowest BCUT2D eigenvalue weighted by molar-refractivity contribution is -0.124. The Morgan fingerprint density at radius 2 is 1.59 bits per heavy atom. The average Bonchev–Trinajstić information content (AvgIpc) is 2.26. The molecule has 0 aliphatic rings. The fraction of sp³-hybridized carbons (Fsp3) is 0.533. The van der Waals surface area contributed by atoms with E-state index in [0.717, 1.165) is 12.0 Å². The van der Waals surface area contributed by atoms with Crippen molar-refractivity contribution < 1.29 is 4.79 Å². The molecule has 0 saturated carbocycles. The minimum absolute atomic E-state index is 0.0511. The van der Waals surface area contributed by atoms with Crippen LogP contribution in [-0.4, -0.2) is 5.91 Å². The minimum atomic E-state index is 0.0511. The van der Waals surface area contributed by atoms with E-state index in [1.165, 1.54) is 5.56 Å². The SMILES string of the molecule is CC(C)Cc1ccc(CNC(=O)C(C)C)cc1. The second-order valence-electron chi connectivity index (χ2n) is 5.29. The second kappa shape index (κ2) is 6.43. The predicted octanol–water partition coefficient (Wildman–Crippen LogP) is 3.16. The van der Waals surface area contributed by atoms with Gasteiger partial charge in [0, 0.05) is 12.5 Å². The Bertz CT molecular complexity index is 352. The van der Waals surface area contributed by atoms with Gasteiger partial charge in [-0.2, -0.15) is 0 Å². The van der Waals surface area contributed by atoms with E-state index in [1.54, 1.807) is 0 Å². The molecule has 0 radical (unpaired) electrons. The van der Waals surface area contributed by atoms with Gasteiger partial charge in [0.2, 0.25) is 5.91 Å². The van der Waals surface area contributed by atoms with Crippen LogP contribution in [0.4, 0.5) is 0 Å². The molecule has 1 N–H and O–H groups in total. The molecule has 2 heteroatoms. The van der Waals surface area contributed by atoms with Gasteiger partial charge in [-0.3, -0.25) is 4.79 Å². The first-order valence-electron chi connectivity index (χ1n) is 6.34. The number of amides is 1. The molecule has 0 bridgehead atoms. The Kier molecular flexibility index (Phi) is 5.20. The van der Waals surface area contributed by atoms with E-state index >= 15 is 0 Å². The molecule has 0 aliphatic carbocycles. The van der Waals surface area contributed by atoms with E-state index in [2.05, 4.69) is 43.4 Å². The van der Waals surface area contributed by atoms with Crippen LogP contribution in [0.3, 0.4) is 0 Å². The highest BCUT2D eigenvalue weighted by Crippen LogP contribution is 2.09. The van der Waals surface area contributed by atoms with E-state index in [1.807, 2.05) is 13.8 Å². The predicted molar refractivity (Wildman–Crippen MR) is 71.7 cm³/mol. The van der Waals surface area contributed by atoms with Crippen molar-refractivity contribution in [2.24, 2.45) is 11.8 Å². The molecular formula is C15H23NO. The summed E-state index contributed by atoms with van der Waals surface area (Å²) in [4.78, 5) is 11.4. The summed E-state index contributed by atoms with van der Waals surface area (Å²) in [7, 11) is 0. The van der Waals surface area contributed by atoms with Gasteiger partial charge < -0.3 is 5.32 Å². The van der Waals surface area contributed by atoms with E-state index in [0.29, 0.717) is 12.5 Å². The molecule has 1 rings (SSSR count). The van der Waals surface area contributed by atoms with Gasteiger partial charge in [-0.1, -0.05) is 52.0 Å². The third kappa shape index (κ3) is 5.03. The van der Waals surface area contributed by atoms with Crippen molar-refractivity contribution in [2.75, 3.05) is 0 Å². The zero-order chi connectivity index (χ0) is 12.8. The first kappa shape index (κ1) is 13.8. The maximum absolute atomic E-state index is 11.4. The molecule has 0 aliphatic heterocycles. The summed E-state index contributed by atoms with van der Waals surface area (Å²) < 4.78 is 0. The number of carbonyl (C=O) groups excluding carboxylic acids is 1. The zero-order valence-corrected chi connectivity index (χ0v) is 11.3. The number of nitrogens with one attached hydrogen (secondary N) is 1. The molecule has 0 heterocycles. The first-order valence-corrected chi connectivity index (χ1v) is 6.34. The third-order valence-electron chi connectivity index (χ3n) is 2.66. The Balaban J connectivity index is 2.48. The Morgan fingerprint density at radius 3 is 2.06 bits per heavy atom. The summed E-state index contributed by atoms with van der Waals surface area (Å²) in [6, 6.07) is 8.49. The summed E-state index contributed by atoms with van der Waals surface area (Å²) in [5, 5.41) is 2.92. The van der Waals surface area contributed by atoms with Crippen LogP contribution < -0.4 is 5.32 Å². The summed E-state index contributed by atoms with van der Waals surface area (Å²) in [6.07, 6.45) is 1.11. The maximum atomic E-state index is 11.4. The largest absolute Gasteiger partial charge is 0.352 e. The molecule has 0 aromatic heterocycles. The van der Waals surface area contributed by atoms with Gasteiger partial charge in [0.25, 0.3) is 0 Å². The van der Waals surface area contributed by atoms with Gasteiger partial charge in [-0.15, -0.1) is 0 Å². The van der Waals surface area contributed by atoms with E-state index in [4.69, 9.17) is 0 Å². The second-order valence-corrected chi connectivity index (χ2v) is 5.29. The van der Waals surface area contributed by atoms with Crippen molar-refractivity contribution in [1.82, 2.24) is 5.32 Å². The summed E-state index contributed by atoms with van der Waals surface area (Å²) >= 11 is 0. The van der Waals surface area contributed by atoms with Crippen LogP contribution in [0, 0.1) is 11.8 Å². The number of hydrogen-bond donors (Lipinski definition) is 1. The molecule has 0 fully saturated rings. The van der Waals surface area contributed by atoms with Gasteiger partial charge in [-0.25, -0.2) is 0 Å². The van der Waals surface area contributed by atoms with E-state index in [-0.39, 0.29) is 11.8 Å². The molecule has 0 spiro atoms. The lowest BCUT2D eigenvalue weighted by atomic mass is 10.0. The fourth-order valence-electron chi connectivity index (χ4n) is 1.66. The molecule has 1 amide bonds. The van der Waals surface area contributed by atoms with Gasteiger partial charge in [0.1, 0.15) is 0 Å². The van der Waals surface area contributed by atoms with Crippen LogP contribution in [-0.2, 0) is 17.8 Å². The molecule has 17 heavy (non-hydrogen) atoms. The normalized spacial score (nSPS) is 10.9. The molecule has 2 nitrogen and oxygen atoms in total. The van der Waals surface area contributed by atoms with Crippen molar-refractivity contribution in [3.63, 3.8) is 0 Å². The molecular weight excluding hydrogens is 210 g/mol. The van der Waals surface area contributed by atoms with E-state index < -0.39 is 0 Å². The highest BCUT2D eigenvalue weighted by molar-refractivity contribution is 5.77. The summed E-state index contributed by atoms with van der Waals surface area (Å²) in [5.41, 5.74) is 2.52. The van der Waals surface area contributed by atoms with Crippen LogP contribution in [0.2, 0.25) is 0 Å². The lowest BCUT2D eigenvalue weighted by Crippen LogP contribution is -2.27. The third-order valence-corrected chi connectivity index (χ3v) is 2.66. The summed E-state index contributed by atoms with van der Waals surface area (Å²) in [6.45, 7) is 8.87. The number of hydrogen-bond acceptors (Lipinski definition) is 1. The summed E-state index contributed by atoms with van der Waals surface area (Å²) in [5.74, 6) is 0.841. The van der Waals surface area contributed by atoms with Crippen LogP contribution in [0.5, 0.6) is 0 Å². The minimum Gasteiger partial charge on any atom is -0.352 e. The molecule has 1 aromatic rings. The van der Waals surface area contributed by atoms with Gasteiger partial charge in [0.15, 0.2) is 0 Å². The van der Waals surface area contributed by atoms with Gasteiger partial charge in [0.05, 0.1) is 0 Å². The topological polar surface area (TPSA) is 29.1 Å². The van der Waals surface area contributed by atoms with Crippen LogP contribution in [0.25, 0.3) is 0 Å². The van der Waals surface area contributed by atoms with Crippen LogP contribution >= 0.6 is 0 Å². The molecule has 0 atom stereocenters. The highest BCUT2D eigenvalue weighted by atomic mass is 16.1. The Labute approximate surface area is 104 Å². The zero-order valence-electron chi connectivity index (χ0n) is 11.3. The van der Waals surface area contributed by atoms with Crippen LogP contribution in [0.15, 0.2) is 24.3 Å². The van der Waals surface area contributed by atoms with Crippen molar-refractivity contribution >= 4 is 5.91 Å². The average molecular weight is 233 g/mol. The smallest absolute Gasteiger partial charge is 0.222 e. The lowest BCUT2D eigenvalue weighted by Gasteiger charge is -2.09. The molecule has 0 saturated heterocycles. The van der Waals surface area contributed by atoms with Crippen molar-refractivity contribution in [3.8, 4) is 0 Å². The Morgan fingerprint density at radius 1 is 1.06 bits per heavy atom. The van der Waals surface area contributed by atoms with Crippen molar-refractivity contribution in [1.29, 1.82) is 0 Å². The van der Waals surface area contributed by atoms with Crippen molar-refractivity contribution in [3.05, 3.63) is 35.4 Å². The standard InChI is InChI=1S/C15H23NO/c1-11(2)9-13-5-7-14(8-6-13)10-16-15(17)12(3)4/h5-8,11-12H,9-10H2,1-4H3,(H,16,17). The van der Waals surface area contributed by atoms with Crippen LogP contribution in [0.1, 0.15) is 38.8 Å². The molecule has 94 valence electrons. The van der Waals surface area contributed by atoms with E-state index in [9.17, 15) is 4.79 Å². The van der Waals surface area contributed by atoms with Gasteiger partial charge >= 0.3 is 0 Å². The number of benzene rings is 1. The van der Waals surface area contributed by atoms with Gasteiger partial charge in [-0.05, 0) is 23.5 Å². The Hall–Kier alpha value is -1.31.